The molecule has 9 nitrogen and oxygen atoms in total. The van der Waals surface area contributed by atoms with Gasteiger partial charge in [0.25, 0.3) is 0 Å². The van der Waals surface area contributed by atoms with E-state index in [9.17, 15) is 0 Å². The molecule has 5 heterocycles. The first-order valence-electron chi connectivity index (χ1n) is 14.8. The number of fused-ring (bicyclic) bond motifs is 3. The maximum Gasteiger partial charge on any atom is 0.234 e. The Bertz CT molecular complexity index is 1750. The highest BCUT2D eigenvalue weighted by atomic mass is 16.5. The number of pyridine rings is 1. The van der Waals surface area contributed by atoms with Gasteiger partial charge in [-0.15, -0.1) is 0 Å². The van der Waals surface area contributed by atoms with Gasteiger partial charge in [-0.25, -0.2) is 19.9 Å². The van der Waals surface area contributed by atoms with Crippen LogP contribution in [0.25, 0.3) is 33.9 Å². The minimum absolute atomic E-state index is 0.194. The van der Waals surface area contributed by atoms with Gasteiger partial charge in [-0.3, -0.25) is 4.90 Å². The zero-order valence-electron chi connectivity index (χ0n) is 23.9. The third-order valence-electron chi connectivity index (χ3n) is 8.12. The highest BCUT2D eigenvalue weighted by Crippen LogP contribution is 2.39. The number of nitriles is 1. The van der Waals surface area contributed by atoms with Crippen LogP contribution in [0.15, 0.2) is 85.2 Å². The summed E-state index contributed by atoms with van der Waals surface area (Å²) in [6.45, 7) is 4.34. The van der Waals surface area contributed by atoms with E-state index in [1.165, 1.54) is 5.56 Å². The van der Waals surface area contributed by atoms with Gasteiger partial charge in [0.05, 0.1) is 23.6 Å². The summed E-state index contributed by atoms with van der Waals surface area (Å²) in [5, 5.41) is 12.5. The lowest BCUT2D eigenvalue weighted by Crippen LogP contribution is -2.38. The van der Waals surface area contributed by atoms with E-state index < -0.39 is 0 Å². The molecule has 7 rings (SSSR count). The molecule has 0 bridgehead atoms. The number of hydrogen-bond acceptors (Lipinski definition) is 8. The van der Waals surface area contributed by atoms with Crippen molar-refractivity contribution in [3.05, 3.63) is 96.6 Å². The molecule has 2 aliphatic heterocycles. The molecule has 0 saturated carbocycles. The summed E-state index contributed by atoms with van der Waals surface area (Å²) in [7, 11) is 0. The first-order chi connectivity index (χ1) is 21.2. The predicted molar refractivity (Wildman–Crippen MR) is 165 cm³/mol. The minimum Gasteiger partial charge on any atom is -0.477 e. The topological polar surface area (TPSA) is 105 Å². The van der Waals surface area contributed by atoms with Crippen LogP contribution in [0.4, 0.5) is 5.82 Å². The second kappa shape index (κ2) is 12.0. The molecular weight excluding hydrogens is 536 g/mol. The van der Waals surface area contributed by atoms with Crippen molar-refractivity contribution in [2.75, 3.05) is 25.0 Å². The van der Waals surface area contributed by atoms with Crippen molar-refractivity contribution in [3.63, 3.8) is 0 Å². The molecule has 1 N–H and O–H groups in total. The van der Waals surface area contributed by atoms with Crippen LogP contribution in [-0.4, -0.2) is 55.1 Å². The molecule has 214 valence electrons. The normalized spacial score (nSPS) is 15.3. The molecule has 0 unspecified atom stereocenters. The lowest BCUT2D eigenvalue weighted by molar-refractivity contribution is 0.211. The molecule has 2 aromatic carbocycles. The predicted octanol–water partition coefficient (Wildman–Crippen LogP) is 5.80. The van der Waals surface area contributed by atoms with Crippen LogP contribution in [0.3, 0.4) is 0 Å². The van der Waals surface area contributed by atoms with E-state index in [4.69, 9.17) is 15.0 Å². The second-order valence-corrected chi connectivity index (χ2v) is 11.0. The van der Waals surface area contributed by atoms with Gasteiger partial charge in [0.2, 0.25) is 11.7 Å². The number of benzene rings is 2. The summed E-state index contributed by atoms with van der Waals surface area (Å²) in [5.41, 5.74) is 6.55. The number of likely N-dealkylation sites (tertiary alicyclic amines) is 1. The zero-order valence-corrected chi connectivity index (χ0v) is 23.9. The molecule has 0 amide bonds. The molecule has 5 aromatic rings. The van der Waals surface area contributed by atoms with Crippen LogP contribution >= 0.6 is 0 Å². The van der Waals surface area contributed by atoms with Gasteiger partial charge < -0.3 is 14.6 Å². The summed E-state index contributed by atoms with van der Waals surface area (Å²) in [4.78, 5) is 20.5. The van der Waals surface area contributed by atoms with E-state index >= 15 is 0 Å². The second-order valence-electron chi connectivity index (χ2n) is 11.0. The quantitative estimate of drug-likeness (QED) is 0.274. The fraction of sp³-hybridized carbons (Fsp3) is 0.265. The van der Waals surface area contributed by atoms with E-state index in [2.05, 4.69) is 84.3 Å². The number of rotatable bonds is 6. The summed E-state index contributed by atoms with van der Waals surface area (Å²) >= 11 is 0. The van der Waals surface area contributed by atoms with Gasteiger partial charge in [-0.2, -0.15) is 5.26 Å². The maximum atomic E-state index is 9.06. The third-order valence-corrected chi connectivity index (χ3v) is 8.12. The summed E-state index contributed by atoms with van der Waals surface area (Å²) in [6.07, 6.45) is 6.31. The first kappa shape index (κ1) is 26.8. The Balaban J connectivity index is 1.11. The lowest BCUT2D eigenvalue weighted by atomic mass is 10.0. The number of nitrogens with one attached hydrogen (secondary N) is 1. The Hall–Kier alpha value is -5.07. The van der Waals surface area contributed by atoms with Gasteiger partial charge in [-0.05, 0) is 43.0 Å². The molecule has 0 spiro atoms. The molecular formula is C34H32N8O. The van der Waals surface area contributed by atoms with Crippen LogP contribution in [0.2, 0.25) is 0 Å². The summed E-state index contributed by atoms with van der Waals surface area (Å²) < 4.78 is 8.32. The number of imidazole rings is 1. The van der Waals surface area contributed by atoms with Crippen molar-refractivity contribution in [2.24, 2.45) is 0 Å². The Morgan fingerprint density at radius 2 is 1.70 bits per heavy atom. The smallest absolute Gasteiger partial charge is 0.234 e. The SMILES string of the molecule is N#Cc1nccc(NC2CCN(Cc3ccc(-c4nc5n(c4-c4ccccc4)CCCOc4ncccc4-5)cc3)CC2)n1. The minimum atomic E-state index is 0.194. The van der Waals surface area contributed by atoms with Gasteiger partial charge in [-0.1, -0.05) is 54.6 Å². The highest BCUT2D eigenvalue weighted by molar-refractivity contribution is 5.83. The van der Waals surface area contributed by atoms with Gasteiger partial charge >= 0.3 is 0 Å². The van der Waals surface area contributed by atoms with E-state index in [-0.39, 0.29) is 5.82 Å². The van der Waals surface area contributed by atoms with Crippen molar-refractivity contribution >= 4 is 5.82 Å². The average molecular weight is 569 g/mol. The van der Waals surface area contributed by atoms with Crippen molar-refractivity contribution < 1.29 is 4.74 Å². The highest BCUT2D eigenvalue weighted by Gasteiger charge is 2.25. The number of ether oxygens (including phenoxy) is 1. The van der Waals surface area contributed by atoms with Crippen molar-refractivity contribution in [1.82, 2.24) is 29.4 Å². The van der Waals surface area contributed by atoms with Gasteiger partial charge in [0, 0.05) is 55.7 Å². The van der Waals surface area contributed by atoms with E-state index in [0.717, 1.165) is 85.2 Å². The molecule has 1 saturated heterocycles. The number of nitrogens with zero attached hydrogens (tertiary/aromatic N) is 7. The van der Waals surface area contributed by atoms with Crippen LogP contribution in [-0.2, 0) is 13.1 Å². The fourth-order valence-electron chi connectivity index (χ4n) is 6.00. The number of aromatic nitrogens is 5. The average Bonchev–Trinajstić information content (AvgIpc) is 3.42. The van der Waals surface area contributed by atoms with Crippen LogP contribution in [0.1, 0.15) is 30.7 Å². The molecule has 1 fully saturated rings. The lowest BCUT2D eigenvalue weighted by Gasteiger charge is -2.32. The number of piperidine rings is 1. The fourth-order valence-corrected chi connectivity index (χ4v) is 6.00. The molecule has 0 aliphatic carbocycles. The molecule has 2 aliphatic rings. The Morgan fingerprint density at radius 3 is 2.51 bits per heavy atom. The van der Waals surface area contributed by atoms with E-state index in [1.807, 2.05) is 24.3 Å². The van der Waals surface area contributed by atoms with Crippen LogP contribution in [0.5, 0.6) is 5.88 Å². The third kappa shape index (κ3) is 5.70. The summed E-state index contributed by atoms with van der Waals surface area (Å²) in [5.74, 6) is 2.44. The van der Waals surface area contributed by atoms with Crippen molar-refractivity contribution in [2.45, 2.75) is 38.4 Å². The first-order valence-corrected chi connectivity index (χ1v) is 14.8. The van der Waals surface area contributed by atoms with E-state index in [1.54, 1.807) is 12.4 Å². The number of anilines is 1. The summed E-state index contributed by atoms with van der Waals surface area (Å²) in [6, 6.07) is 27.6. The molecule has 9 heteroatoms. The van der Waals surface area contributed by atoms with Crippen LogP contribution < -0.4 is 10.1 Å². The maximum absolute atomic E-state index is 9.06. The number of hydrogen-bond donors (Lipinski definition) is 1. The van der Waals surface area contributed by atoms with Crippen molar-refractivity contribution in [3.8, 4) is 45.9 Å². The van der Waals surface area contributed by atoms with Crippen molar-refractivity contribution in [1.29, 1.82) is 5.26 Å². The Kier molecular flexibility index (Phi) is 7.50. The molecule has 3 aromatic heterocycles. The largest absolute Gasteiger partial charge is 0.477 e. The monoisotopic (exact) mass is 568 g/mol. The van der Waals surface area contributed by atoms with Gasteiger partial charge in [0.15, 0.2) is 0 Å². The Morgan fingerprint density at radius 1 is 0.860 bits per heavy atom. The molecule has 0 atom stereocenters. The Labute approximate surface area is 250 Å². The van der Waals surface area contributed by atoms with Crippen LogP contribution in [0, 0.1) is 11.3 Å². The molecule has 0 radical (unpaired) electrons. The van der Waals surface area contributed by atoms with Gasteiger partial charge in [0.1, 0.15) is 17.7 Å². The zero-order chi connectivity index (χ0) is 29.0. The van der Waals surface area contributed by atoms with E-state index in [0.29, 0.717) is 18.5 Å². The molecule has 43 heavy (non-hydrogen) atoms. The standard InChI is InChI=1S/C34H32N8O/c35-22-30-36-17-13-29(39-30)38-27-14-19-41(20-15-27)23-24-9-11-25(12-10-24)31-32(26-6-2-1-3-7-26)42-18-5-21-43-34-28(33(42)40-31)8-4-16-37-34/h1-4,6-13,16-17,27H,5,14-15,18-21,23H2,(H,36,38,39).